The summed E-state index contributed by atoms with van der Waals surface area (Å²) in [5.41, 5.74) is 10.1. The van der Waals surface area contributed by atoms with Crippen LogP contribution in [0.2, 0.25) is 0 Å². The number of hydrogen-bond donors (Lipinski definition) is 0. The van der Waals surface area contributed by atoms with Gasteiger partial charge in [-0.15, -0.1) is 0 Å². The minimum atomic E-state index is -0.659. The Balaban J connectivity index is 1.59. The van der Waals surface area contributed by atoms with E-state index in [1.54, 1.807) is 13.8 Å². The zero-order valence-corrected chi connectivity index (χ0v) is 22.9. The fourth-order valence-corrected chi connectivity index (χ4v) is 6.32. The summed E-state index contributed by atoms with van der Waals surface area (Å²) in [7, 11) is 0. The lowest BCUT2D eigenvalue weighted by atomic mass is 9.71. The molecule has 4 heteroatoms. The average molecular weight is 529 g/mol. The van der Waals surface area contributed by atoms with Crippen LogP contribution in [0.1, 0.15) is 31.4 Å². The highest BCUT2D eigenvalue weighted by Gasteiger charge is 2.37. The van der Waals surface area contributed by atoms with Gasteiger partial charge in [0, 0.05) is 0 Å². The minimum absolute atomic E-state index is 0.255. The molecule has 0 N–H and O–H groups in total. The highest BCUT2D eigenvalue weighted by molar-refractivity contribution is 6.08. The van der Waals surface area contributed by atoms with E-state index >= 15 is 0 Å². The number of esters is 2. The lowest BCUT2D eigenvalue weighted by molar-refractivity contribution is -0.150. The molecule has 0 spiro atoms. The normalized spacial score (nSPS) is 16.1. The standard InChI is InChI=1S/C36H32O4/c1-3-39-35(37)31-21-25-19-29-30(20-26(25)22-32(31)36(38)40-4-2)34(24-15-9-6-10-16-24)28-18-12-11-17-27(28)33(29)23-13-7-5-8-14-23/h5-18,21,32H,3-4,19-20,22H2,1-2H3. The van der Waals surface area contributed by atoms with Crippen molar-refractivity contribution in [3.63, 3.8) is 0 Å². The van der Waals surface area contributed by atoms with E-state index < -0.39 is 11.9 Å². The van der Waals surface area contributed by atoms with Crippen LogP contribution < -0.4 is 0 Å². The molecule has 0 fully saturated rings. The molecule has 6 rings (SSSR count). The average Bonchev–Trinajstić information content (AvgIpc) is 2.99. The van der Waals surface area contributed by atoms with Crippen LogP contribution in [0.4, 0.5) is 0 Å². The van der Waals surface area contributed by atoms with Crippen LogP contribution >= 0.6 is 0 Å². The molecular weight excluding hydrogens is 496 g/mol. The van der Waals surface area contributed by atoms with E-state index in [0.717, 1.165) is 5.57 Å². The van der Waals surface area contributed by atoms with Gasteiger partial charge in [0.25, 0.3) is 0 Å². The monoisotopic (exact) mass is 528 g/mol. The van der Waals surface area contributed by atoms with Crippen molar-refractivity contribution in [3.8, 4) is 22.3 Å². The van der Waals surface area contributed by atoms with Crippen LogP contribution in [0.25, 0.3) is 33.0 Å². The Hall–Kier alpha value is -4.44. The summed E-state index contributed by atoms with van der Waals surface area (Å²) in [6.45, 7) is 4.10. The Bertz CT molecular complexity index is 1660. The van der Waals surface area contributed by atoms with Crippen molar-refractivity contribution in [1.82, 2.24) is 0 Å². The summed E-state index contributed by atoms with van der Waals surface area (Å²) < 4.78 is 10.8. The van der Waals surface area contributed by atoms with Gasteiger partial charge in [-0.05, 0) is 88.9 Å². The van der Waals surface area contributed by atoms with Gasteiger partial charge in [0.05, 0.1) is 24.7 Å². The van der Waals surface area contributed by atoms with E-state index in [9.17, 15) is 9.59 Å². The molecule has 4 aromatic carbocycles. The Labute approximate surface area is 234 Å². The van der Waals surface area contributed by atoms with Gasteiger partial charge in [-0.25, -0.2) is 4.79 Å². The van der Waals surface area contributed by atoms with E-state index in [1.165, 1.54) is 49.7 Å². The third-order valence-electron chi connectivity index (χ3n) is 8.01. The van der Waals surface area contributed by atoms with Gasteiger partial charge < -0.3 is 9.47 Å². The molecule has 0 saturated carbocycles. The van der Waals surface area contributed by atoms with E-state index in [2.05, 4.69) is 72.8 Å². The first-order valence-electron chi connectivity index (χ1n) is 14.0. The second-order valence-corrected chi connectivity index (χ2v) is 10.3. The lowest BCUT2D eigenvalue weighted by Crippen LogP contribution is -2.30. The third kappa shape index (κ3) is 4.54. The van der Waals surface area contributed by atoms with E-state index in [1.807, 2.05) is 18.2 Å². The lowest BCUT2D eigenvalue weighted by Gasteiger charge is -2.33. The van der Waals surface area contributed by atoms with Crippen molar-refractivity contribution in [2.45, 2.75) is 33.1 Å². The number of hydrogen-bond acceptors (Lipinski definition) is 4. The third-order valence-corrected chi connectivity index (χ3v) is 8.01. The highest BCUT2D eigenvalue weighted by Crippen LogP contribution is 2.48. The fourth-order valence-electron chi connectivity index (χ4n) is 6.32. The largest absolute Gasteiger partial charge is 0.466 e. The van der Waals surface area contributed by atoms with E-state index in [4.69, 9.17) is 9.47 Å². The van der Waals surface area contributed by atoms with Crippen molar-refractivity contribution in [2.75, 3.05) is 13.2 Å². The van der Waals surface area contributed by atoms with Gasteiger partial charge in [-0.2, -0.15) is 0 Å². The Kier molecular flexibility index (Phi) is 7.08. The molecule has 1 unspecified atom stereocenters. The molecule has 0 radical (unpaired) electrons. The molecular formula is C36H32O4. The Morgan fingerprint density at radius 3 is 1.77 bits per heavy atom. The smallest absolute Gasteiger partial charge is 0.334 e. The van der Waals surface area contributed by atoms with Crippen LogP contribution in [0.5, 0.6) is 0 Å². The van der Waals surface area contributed by atoms with Crippen LogP contribution in [0.15, 0.2) is 108 Å². The number of fused-ring (bicyclic) bond motifs is 2. The summed E-state index contributed by atoms with van der Waals surface area (Å²) in [5, 5.41) is 2.43. The van der Waals surface area contributed by atoms with Crippen molar-refractivity contribution in [2.24, 2.45) is 5.92 Å². The minimum Gasteiger partial charge on any atom is -0.466 e. The van der Waals surface area contributed by atoms with Crippen molar-refractivity contribution in [3.05, 3.63) is 119 Å². The predicted octanol–water partition coefficient (Wildman–Crippen LogP) is 7.64. The molecule has 0 bridgehead atoms. The number of carbonyl (C=O) groups excluding carboxylic acids is 2. The highest BCUT2D eigenvalue weighted by atomic mass is 16.5. The molecule has 1 atom stereocenters. The predicted molar refractivity (Wildman–Crippen MR) is 159 cm³/mol. The fraction of sp³-hybridized carbons (Fsp3) is 0.222. The molecule has 2 aliphatic rings. The molecule has 0 saturated heterocycles. The Morgan fingerprint density at radius 1 is 0.700 bits per heavy atom. The summed E-state index contributed by atoms with van der Waals surface area (Å²) in [6, 6.07) is 29.8. The maximum absolute atomic E-state index is 13.0. The van der Waals surface area contributed by atoms with Gasteiger partial charge in [0.2, 0.25) is 0 Å². The van der Waals surface area contributed by atoms with Crippen molar-refractivity contribution in [1.29, 1.82) is 0 Å². The van der Waals surface area contributed by atoms with Gasteiger partial charge >= 0.3 is 11.9 Å². The first-order chi connectivity index (χ1) is 19.6. The maximum atomic E-state index is 13.0. The van der Waals surface area contributed by atoms with Gasteiger partial charge in [0.15, 0.2) is 0 Å². The molecule has 4 nitrogen and oxygen atoms in total. The van der Waals surface area contributed by atoms with Crippen LogP contribution in [-0.2, 0) is 31.9 Å². The molecule has 2 aliphatic carbocycles. The molecule has 0 amide bonds. The van der Waals surface area contributed by atoms with E-state index in [0.29, 0.717) is 24.8 Å². The molecule has 200 valence electrons. The summed E-state index contributed by atoms with van der Waals surface area (Å²) in [4.78, 5) is 26.1. The second kappa shape index (κ2) is 11.0. The zero-order valence-electron chi connectivity index (χ0n) is 22.9. The van der Waals surface area contributed by atoms with Crippen molar-refractivity contribution < 1.29 is 19.1 Å². The van der Waals surface area contributed by atoms with Gasteiger partial charge in [0.1, 0.15) is 0 Å². The number of benzene rings is 4. The first-order valence-corrected chi connectivity index (χ1v) is 14.0. The van der Waals surface area contributed by atoms with Gasteiger partial charge in [-0.1, -0.05) is 90.5 Å². The van der Waals surface area contributed by atoms with E-state index in [-0.39, 0.29) is 19.2 Å². The maximum Gasteiger partial charge on any atom is 0.334 e. The topological polar surface area (TPSA) is 52.6 Å². The summed E-state index contributed by atoms with van der Waals surface area (Å²) >= 11 is 0. The number of rotatable bonds is 6. The second-order valence-electron chi connectivity index (χ2n) is 10.3. The molecule has 0 aromatic heterocycles. The molecule has 40 heavy (non-hydrogen) atoms. The molecule has 0 heterocycles. The first kappa shape index (κ1) is 25.8. The van der Waals surface area contributed by atoms with Crippen LogP contribution in [0, 0.1) is 5.92 Å². The quantitative estimate of drug-likeness (QED) is 0.241. The Morgan fingerprint density at radius 2 is 1.23 bits per heavy atom. The molecule has 0 aliphatic heterocycles. The van der Waals surface area contributed by atoms with Crippen LogP contribution in [-0.4, -0.2) is 25.2 Å². The van der Waals surface area contributed by atoms with Crippen molar-refractivity contribution >= 4 is 22.7 Å². The summed E-state index contributed by atoms with van der Waals surface area (Å²) in [5.74, 6) is -1.47. The number of allylic oxidation sites excluding steroid dienone is 3. The van der Waals surface area contributed by atoms with Crippen LogP contribution in [0.3, 0.4) is 0 Å². The molecule has 4 aromatic rings. The zero-order chi connectivity index (χ0) is 27.6. The number of carbonyl (C=O) groups is 2. The SMILES string of the molecule is CCOC(=O)C1=CC2=C(Cc3c(c(-c4ccccc4)c4ccccc4c3-c3ccccc3)C2)CC1C(=O)OCC. The number of ether oxygens (including phenoxy) is 2. The van der Waals surface area contributed by atoms with Gasteiger partial charge in [-0.3, -0.25) is 4.79 Å². The summed E-state index contributed by atoms with van der Waals surface area (Å²) in [6.07, 6.45) is 3.76.